The highest BCUT2D eigenvalue weighted by Gasteiger charge is 2.49. The number of nitrogens with one attached hydrogen (secondary N) is 3. The summed E-state index contributed by atoms with van der Waals surface area (Å²) in [4.78, 5) is 37.4. The van der Waals surface area contributed by atoms with Crippen LogP contribution in [0.5, 0.6) is 17.4 Å². The van der Waals surface area contributed by atoms with Crippen molar-refractivity contribution in [2.45, 2.75) is 120 Å². The highest BCUT2D eigenvalue weighted by atomic mass is 32.2. The number of H-pyrrole nitrogens is 1. The van der Waals surface area contributed by atoms with Crippen LogP contribution in [-0.4, -0.2) is 90.2 Å². The van der Waals surface area contributed by atoms with Crippen LogP contribution in [0.25, 0.3) is 11.0 Å². The molecule has 2 aromatic heterocycles. The molecule has 69 heavy (non-hydrogen) atoms. The number of likely N-dealkylation sites (tertiary alicyclic amines) is 1. The molecule has 1 spiro atoms. The molecule has 15 nitrogen and oxygen atoms in total. The first-order valence-electron chi connectivity index (χ1n) is 24.3. The number of nitro benzene ring substituents is 1. The van der Waals surface area contributed by atoms with Gasteiger partial charge in [-0.1, -0.05) is 51.5 Å². The number of amides is 1. The fourth-order valence-electron chi connectivity index (χ4n) is 11.2. The quantitative estimate of drug-likeness (QED) is 0.0609. The predicted molar refractivity (Wildman–Crippen MR) is 264 cm³/mol. The minimum Gasteiger partial charge on any atom is -0.475 e. The number of hydrogen-bond acceptors (Lipinski definition) is 12. The summed E-state index contributed by atoms with van der Waals surface area (Å²) in [6.07, 6.45) is 9.48. The Morgan fingerprint density at radius 1 is 1.00 bits per heavy atom. The van der Waals surface area contributed by atoms with Crippen LogP contribution in [0.3, 0.4) is 0 Å². The Morgan fingerprint density at radius 2 is 1.74 bits per heavy atom. The largest absolute Gasteiger partial charge is 0.475 e. The van der Waals surface area contributed by atoms with Gasteiger partial charge < -0.3 is 29.8 Å². The number of sulfonamides is 1. The lowest BCUT2D eigenvalue weighted by Crippen LogP contribution is -2.63. The summed E-state index contributed by atoms with van der Waals surface area (Å²) in [5.41, 5.74) is 2.99. The first kappa shape index (κ1) is 48.3. The topological polar surface area (TPSA) is 192 Å². The van der Waals surface area contributed by atoms with Crippen LogP contribution in [-0.2, 0) is 15.4 Å². The molecule has 1 amide bonds. The Bertz CT molecular complexity index is 2840. The third-order valence-corrected chi connectivity index (χ3v) is 16.4. The van der Waals surface area contributed by atoms with Gasteiger partial charge in [0.2, 0.25) is 0 Å². The van der Waals surface area contributed by atoms with Gasteiger partial charge in [-0.3, -0.25) is 19.8 Å². The number of piperidine rings is 1. The van der Waals surface area contributed by atoms with Crippen LogP contribution in [0.2, 0.25) is 0 Å². The van der Waals surface area contributed by atoms with Crippen LogP contribution < -0.4 is 24.4 Å². The SMILES string of the molecule is CCOc1nc2[nH]cc(F)c2cc1Oc1cc(N2CCC3(CC2)CN([C@H]2CCC[C@H]2c2ccccc2C(C)(C)C)C3)ccc1C(=O)NS(=O)(=O)c1ccc(NC[C@H]2CC[C@](C)(O)CC2)c([N+](=O)[O-])c1. The van der Waals surface area contributed by atoms with Crippen LogP contribution in [0.15, 0.2) is 77.8 Å². The molecular formula is C52H64FN7O8S. The minimum absolute atomic E-state index is 0.0109. The molecular weight excluding hydrogens is 902 g/mol. The van der Waals surface area contributed by atoms with Crippen molar-refractivity contribution in [1.29, 1.82) is 0 Å². The molecule has 2 saturated heterocycles. The standard InChI is InChI=1S/C52H64FN7O8S/c1-6-67-49-46(28-39-41(53)30-55-47(39)56-49)68-45-26-34(58-24-22-52(23-25-58)31-59(32-52)43-13-9-11-37(43)36-10-7-8-12-40(36)50(2,3)4)14-16-38(45)48(61)57-69(65,66)35-15-17-42(44(27-35)60(63)64)54-29-33-18-20-51(5,62)21-19-33/h7-8,10,12,14-17,26-28,30,33,37,43,54,62H,6,9,11,13,18-25,29,31-32H2,1-5H3,(H,55,56)(H,57,61)/t33-,37-,43-,51-/m0/s1. The van der Waals surface area contributed by atoms with Crippen LogP contribution in [0, 0.1) is 27.3 Å². The van der Waals surface area contributed by atoms with E-state index < -0.39 is 42.9 Å². The Hall–Kier alpha value is -5.78. The van der Waals surface area contributed by atoms with Crippen molar-refractivity contribution in [2.24, 2.45) is 11.3 Å². The lowest BCUT2D eigenvalue weighted by molar-refractivity contribution is -0.384. The van der Waals surface area contributed by atoms with Gasteiger partial charge in [-0.15, -0.1) is 0 Å². The highest BCUT2D eigenvalue weighted by molar-refractivity contribution is 7.90. The number of pyridine rings is 1. The number of aromatic amines is 1. The van der Waals surface area contributed by atoms with E-state index in [4.69, 9.17) is 9.47 Å². The second kappa shape index (κ2) is 18.9. The van der Waals surface area contributed by atoms with Gasteiger partial charge in [0, 0.05) is 68.8 Å². The summed E-state index contributed by atoms with van der Waals surface area (Å²) in [5, 5.41) is 25.8. The molecule has 4 aliphatic rings. The zero-order valence-corrected chi connectivity index (χ0v) is 41.0. The molecule has 368 valence electrons. The van der Waals surface area contributed by atoms with E-state index in [1.807, 2.05) is 0 Å². The van der Waals surface area contributed by atoms with Crippen LogP contribution in [0.4, 0.5) is 21.5 Å². The van der Waals surface area contributed by atoms with Crippen molar-refractivity contribution >= 4 is 44.0 Å². The van der Waals surface area contributed by atoms with Gasteiger partial charge in [0.15, 0.2) is 5.75 Å². The molecule has 17 heteroatoms. The van der Waals surface area contributed by atoms with Crippen molar-refractivity contribution in [3.63, 3.8) is 0 Å². The smallest absolute Gasteiger partial charge is 0.293 e. The highest BCUT2D eigenvalue weighted by Crippen LogP contribution is 2.49. The molecule has 5 aromatic rings. The average molecular weight is 966 g/mol. The lowest BCUT2D eigenvalue weighted by atomic mass is 9.70. The van der Waals surface area contributed by atoms with E-state index in [9.17, 15) is 32.8 Å². The molecule has 2 aliphatic heterocycles. The Balaban J connectivity index is 0.934. The number of carbonyl (C=O) groups is 1. The molecule has 0 bridgehead atoms. The van der Waals surface area contributed by atoms with Gasteiger partial charge in [-0.2, -0.15) is 4.98 Å². The molecule has 9 rings (SSSR count). The number of rotatable bonds is 14. The maximum Gasteiger partial charge on any atom is 0.293 e. The number of nitrogens with zero attached hydrogens (tertiary/aromatic N) is 4. The number of ether oxygens (including phenoxy) is 2. The first-order valence-corrected chi connectivity index (χ1v) is 25.8. The van der Waals surface area contributed by atoms with Gasteiger partial charge in [0.1, 0.15) is 22.9 Å². The van der Waals surface area contributed by atoms with Crippen molar-refractivity contribution in [3.8, 4) is 17.4 Å². The van der Waals surface area contributed by atoms with E-state index >= 15 is 0 Å². The van der Waals surface area contributed by atoms with E-state index in [1.165, 1.54) is 60.9 Å². The normalized spacial score (nSPS) is 22.9. The lowest BCUT2D eigenvalue weighted by Gasteiger charge is -2.57. The molecule has 0 radical (unpaired) electrons. The van der Waals surface area contributed by atoms with Crippen LogP contribution in [0.1, 0.15) is 120 Å². The third-order valence-electron chi connectivity index (χ3n) is 15.1. The van der Waals surface area contributed by atoms with E-state index in [0.29, 0.717) is 31.3 Å². The first-order chi connectivity index (χ1) is 32.8. The number of fused-ring (bicyclic) bond motifs is 1. The number of carbonyl (C=O) groups excluding carboxylic acids is 1. The summed E-state index contributed by atoms with van der Waals surface area (Å²) >= 11 is 0. The van der Waals surface area contributed by atoms with Crippen LogP contribution >= 0.6 is 0 Å². The third kappa shape index (κ3) is 10.1. The van der Waals surface area contributed by atoms with E-state index in [-0.39, 0.29) is 63.0 Å². The molecule has 3 aromatic carbocycles. The molecule has 0 unspecified atom stereocenters. The summed E-state index contributed by atoms with van der Waals surface area (Å²) in [6, 6.07) is 19.3. The van der Waals surface area contributed by atoms with Crippen molar-refractivity contribution in [3.05, 3.63) is 106 Å². The van der Waals surface area contributed by atoms with Gasteiger partial charge in [-0.05, 0) is 123 Å². The number of anilines is 2. The molecule has 4 N–H and O–H groups in total. The van der Waals surface area contributed by atoms with Gasteiger partial charge in [0.25, 0.3) is 27.5 Å². The number of hydrogen-bond donors (Lipinski definition) is 4. The molecule has 2 saturated carbocycles. The second-order valence-corrected chi connectivity index (χ2v) is 22.7. The predicted octanol–water partition coefficient (Wildman–Crippen LogP) is 9.81. The van der Waals surface area contributed by atoms with E-state index in [0.717, 1.165) is 63.6 Å². The Labute approximate surface area is 403 Å². The number of benzene rings is 3. The van der Waals surface area contributed by atoms with Crippen molar-refractivity contribution in [1.82, 2.24) is 19.6 Å². The van der Waals surface area contributed by atoms with Gasteiger partial charge in [0.05, 0.1) is 33.0 Å². The Kier molecular flexibility index (Phi) is 13.2. The average Bonchev–Trinajstić information content (AvgIpc) is 3.93. The molecule has 2 aliphatic carbocycles. The summed E-state index contributed by atoms with van der Waals surface area (Å²) < 4.78 is 56.9. The molecule has 4 fully saturated rings. The zero-order chi connectivity index (χ0) is 48.9. The minimum atomic E-state index is -4.66. The summed E-state index contributed by atoms with van der Waals surface area (Å²) in [5.74, 6) is -0.892. The van der Waals surface area contributed by atoms with E-state index in [1.54, 1.807) is 26.0 Å². The summed E-state index contributed by atoms with van der Waals surface area (Å²) in [6.45, 7) is 14.7. The Morgan fingerprint density at radius 3 is 2.45 bits per heavy atom. The number of nitro groups is 1. The fourth-order valence-corrected chi connectivity index (χ4v) is 12.2. The summed E-state index contributed by atoms with van der Waals surface area (Å²) in [7, 11) is -4.66. The van der Waals surface area contributed by atoms with E-state index in [2.05, 4.69) is 74.8 Å². The maximum absolute atomic E-state index is 14.9. The van der Waals surface area contributed by atoms with Crippen molar-refractivity contribution in [2.75, 3.05) is 49.5 Å². The second-order valence-electron chi connectivity index (χ2n) is 21.1. The fraction of sp³-hybridized carbons (Fsp3) is 0.500. The zero-order valence-electron chi connectivity index (χ0n) is 40.1. The molecule has 2 atom stereocenters. The number of aromatic nitrogens is 2. The van der Waals surface area contributed by atoms with Gasteiger partial charge in [-0.25, -0.2) is 17.5 Å². The van der Waals surface area contributed by atoms with Gasteiger partial charge >= 0.3 is 0 Å². The number of aliphatic hydroxyl groups is 1. The monoisotopic (exact) mass is 965 g/mol. The van der Waals surface area contributed by atoms with Crippen molar-refractivity contribution < 1.29 is 37.1 Å². The maximum atomic E-state index is 14.9. The number of halogens is 1. The molecule has 4 heterocycles.